The topological polar surface area (TPSA) is 35.6 Å². The van der Waals surface area contributed by atoms with Crippen molar-refractivity contribution in [2.24, 2.45) is 0 Å². The first-order valence-electron chi connectivity index (χ1n) is 7.94. The minimum absolute atomic E-state index is 0.0240. The van der Waals surface area contributed by atoms with E-state index in [0.29, 0.717) is 6.54 Å². The quantitative estimate of drug-likeness (QED) is 0.924. The molecule has 0 bridgehead atoms. The number of amides is 2. The fourth-order valence-corrected chi connectivity index (χ4v) is 3.17. The molecule has 1 aromatic rings. The first kappa shape index (κ1) is 17.1. The lowest BCUT2D eigenvalue weighted by atomic mass is 9.84. The van der Waals surface area contributed by atoms with Gasteiger partial charge in [0.2, 0.25) is 0 Å². The molecule has 0 saturated carbocycles. The Balaban J connectivity index is 1.89. The Labute approximate surface area is 138 Å². The molecule has 1 fully saturated rings. The van der Waals surface area contributed by atoms with E-state index in [1.807, 2.05) is 29.2 Å². The number of hydrogen-bond acceptors (Lipinski definition) is 2. The predicted octanol–water partition coefficient (Wildman–Crippen LogP) is 2.96. The van der Waals surface area contributed by atoms with Crippen LogP contribution in [-0.4, -0.2) is 55.1 Å². The van der Waals surface area contributed by atoms with Gasteiger partial charge in [0.1, 0.15) is 0 Å². The summed E-state index contributed by atoms with van der Waals surface area (Å²) in [5.74, 6) is 0. The van der Waals surface area contributed by atoms with Crippen LogP contribution in [0.4, 0.5) is 4.79 Å². The van der Waals surface area contributed by atoms with Gasteiger partial charge in [-0.2, -0.15) is 0 Å². The second-order valence-electron chi connectivity index (χ2n) is 6.44. The molecule has 1 saturated heterocycles. The Morgan fingerprint density at radius 2 is 1.86 bits per heavy atom. The van der Waals surface area contributed by atoms with Gasteiger partial charge in [-0.25, -0.2) is 4.79 Å². The second-order valence-corrected chi connectivity index (χ2v) is 6.85. The summed E-state index contributed by atoms with van der Waals surface area (Å²) in [6.07, 6.45) is 0. The number of nitrogens with zero attached hydrogens (tertiary/aromatic N) is 2. The summed E-state index contributed by atoms with van der Waals surface area (Å²) < 4.78 is 0. The van der Waals surface area contributed by atoms with Gasteiger partial charge in [0.15, 0.2) is 0 Å². The van der Waals surface area contributed by atoms with Gasteiger partial charge in [0, 0.05) is 43.2 Å². The minimum Gasteiger partial charge on any atom is -0.337 e. The molecule has 1 N–H and O–H groups in total. The molecule has 0 spiro atoms. The van der Waals surface area contributed by atoms with Gasteiger partial charge in [-0.05, 0) is 18.2 Å². The number of carbonyl (C=O) groups excluding carboxylic acids is 1. The zero-order valence-electron chi connectivity index (χ0n) is 13.7. The summed E-state index contributed by atoms with van der Waals surface area (Å²) in [6.45, 7) is 11.5. The Kier molecular flexibility index (Phi) is 5.70. The standard InChI is InChI=1S/C17H26ClN3O/c1-4-20-9-11-21(12-10-20)16(22)19-13-17(2,3)14-7-5-6-8-15(14)18/h5-8H,4,9-13H2,1-3H3,(H,19,22). The average Bonchev–Trinajstić information content (AvgIpc) is 2.53. The van der Waals surface area contributed by atoms with E-state index in [1.165, 1.54) is 0 Å². The molecule has 0 aromatic heterocycles. The van der Waals surface area contributed by atoms with E-state index in [1.54, 1.807) is 0 Å². The third-order valence-corrected chi connectivity index (χ3v) is 4.72. The molecular formula is C17H26ClN3O. The van der Waals surface area contributed by atoms with Crippen molar-refractivity contribution in [3.05, 3.63) is 34.9 Å². The summed E-state index contributed by atoms with van der Waals surface area (Å²) in [5, 5.41) is 3.81. The second kappa shape index (κ2) is 7.34. The van der Waals surface area contributed by atoms with E-state index in [0.717, 1.165) is 43.3 Å². The van der Waals surface area contributed by atoms with Crippen LogP contribution in [0.2, 0.25) is 5.02 Å². The van der Waals surface area contributed by atoms with Crippen LogP contribution in [0.15, 0.2) is 24.3 Å². The molecule has 0 atom stereocenters. The van der Waals surface area contributed by atoms with Crippen molar-refractivity contribution in [2.75, 3.05) is 39.3 Å². The Morgan fingerprint density at radius 1 is 1.23 bits per heavy atom. The van der Waals surface area contributed by atoms with Crippen molar-refractivity contribution in [2.45, 2.75) is 26.2 Å². The summed E-state index contributed by atoms with van der Waals surface area (Å²) in [5.41, 5.74) is 0.868. The SMILES string of the molecule is CCN1CCN(C(=O)NCC(C)(C)c2ccccc2Cl)CC1. The molecule has 1 aliphatic rings. The number of carbonyl (C=O) groups is 1. The van der Waals surface area contributed by atoms with Crippen LogP contribution in [-0.2, 0) is 5.41 Å². The lowest BCUT2D eigenvalue weighted by molar-refractivity contribution is 0.142. The number of urea groups is 1. The van der Waals surface area contributed by atoms with Crippen molar-refractivity contribution in [3.63, 3.8) is 0 Å². The molecule has 0 aliphatic carbocycles. The highest BCUT2D eigenvalue weighted by molar-refractivity contribution is 6.31. The van der Waals surface area contributed by atoms with E-state index >= 15 is 0 Å². The van der Waals surface area contributed by atoms with Crippen LogP contribution in [0.25, 0.3) is 0 Å². The molecule has 122 valence electrons. The van der Waals surface area contributed by atoms with Gasteiger partial charge in [0.25, 0.3) is 0 Å². The molecular weight excluding hydrogens is 298 g/mol. The molecule has 22 heavy (non-hydrogen) atoms. The molecule has 1 aliphatic heterocycles. The van der Waals surface area contributed by atoms with Crippen LogP contribution >= 0.6 is 11.6 Å². The van der Waals surface area contributed by atoms with Gasteiger partial charge >= 0.3 is 6.03 Å². The molecule has 0 radical (unpaired) electrons. The first-order chi connectivity index (χ1) is 10.4. The highest BCUT2D eigenvalue weighted by atomic mass is 35.5. The molecule has 2 rings (SSSR count). The van der Waals surface area contributed by atoms with Gasteiger partial charge < -0.3 is 15.1 Å². The van der Waals surface area contributed by atoms with E-state index in [4.69, 9.17) is 11.6 Å². The Bertz CT molecular complexity index is 510. The zero-order chi connectivity index (χ0) is 16.2. The van der Waals surface area contributed by atoms with E-state index in [2.05, 4.69) is 31.0 Å². The van der Waals surface area contributed by atoms with Gasteiger partial charge in [0.05, 0.1) is 0 Å². The summed E-state index contributed by atoms with van der Waals surface area (Å²) in [4.78, 5) is 16.6. The summed E-state index contributed by atoms with van der Waals surface area (Å²) >= 11 is 6.28. The molecule has 2 amide bonds. The fourth-order valence-electron chi connectivity index (χ4n) is 2.78. The lowest BCUT2D eigenvalue weighted by Gasteiger charge is -2.35. The monoisotopic (exact) mass is 323 g/mol. The van der Waals surface area contributed by atoms with Crippen molar-refractivity contribution in [1.82, 2.24) is 15.1 Å². The third-order valence-electron chi connectivity index (χ3n) is 4.39. The number of nitrogens with one attached hydrogen (secondary N) is 1. The molecule has 0 unspecified atom stereocenters. The van der Waals surface area contributed by atoms with Crippen LogP contribution in [0.3, 0.4) is 0 Å². The number of likely N-dealkylation sites (N-methyl/N-ethyl adjacent to an activating group) is 1. The highest BCUT2D eigenvalue weighted by Gasteiger charge is 2.26. The number of halogens is 1. The van der Waals surface area contributed by atoms with Crippen molar-refractivity contribution < 1.29 is 4.79 Å². The smallest absolute Gasteiger partial charge is 0.317 e. The first-order valence-corrected chi connectivity index (χ1v) is 8.32. The van der Waals surface area contributed by atoms with Crippen LogP contribution in [0.5, 0.6) is 0 Å². The third kappa shape index (κ3) is 4.14. The summed E-state index contributed by atoms with van der Waals surface area (Å²) in [7, 11) is 0. The number of rotatable bonds is 4. The molecule has 4 nitrogen and oxygen atoms in total. The zero-order valence-corrected chi connectivity index (χ0v) is 14.5. The van der Waals surface area contributed by atoms with Crippen molar-refractivity contribution in [1.29, 1.82) is 0 Å². The number of piperazine rings is 1. The number of benzene rings is 1. The van der Waals surface area contributed by atoms with E-state index in [-0.39, 0.29) is 11.4 Å². The maximum Gasteiger partial charge on any atom is 0.317 e. The van der Waals surface area contributed by atoms with Crippen molar-refractivity contribution >= 4 is 17.6 Å². The molecule has 5 heteroatoms. The van der Waals surface area contributed by atoms with Gasteiger partial charge in [-0.15, -0.1) is 0 Å². The normalized spacial score (nSPS) is 16.6. The Hall–Kier alpha value is -1.26. The summed E-state index contributed by atoms with van der Waals surface area (Å²) in [6, 6.07) is 7.84. The lowest BCUT2D eigenvalue weighted by Crippen LogP contribution is -2.53. The van der Waals surface area contributed by atoms with E-state index < -0.39 is 0 Å². The van der Waals surface area contributed by atoms with Crippen LogP contribution < -0.4 is 5.32 Å². The van der Waals surface area contributed by atoms with Crippen LogP contribution in [0.1, 0.15) is 26.3 Å². The molecule has 1 heterocycles. The van der Waals surface area contributed by atoms with Gasteiger partial charge in [-0.1, -0.05) is 50.6 Å². The minimum atomic E-state index is -0.195. The predicted molar refractivity (Wildman–Crippen MR) is 91.6 cm³/mol. The van der Waals surface area contributed by atoms with Crippen LogP contribution in [0, 0.1) is 0 Å². The Morgan fingerprint density at radius 3 is 2.45 bits per heavy atom. The fraction of sp³-hybridized carbons (Fsp3) is 0.588. The largest absolute Gasteiger partial charge is 0.337 e. The molecule has 1 aromatic carbocycles. The highest BCUT2D eigenvalue weighted by Crippen LogP contribution is 2.29. The van der Waals surface area contributed by atoms with Gasteiger partial charge in [-0.3, -0.25) is 0 Å². The maximum absolute atomic E-state index is 12.3. The number of hydrogen-bond donors (Lipinski definition) is 1. The van der Waals surface area contributed by atoms with Crippen molar-refractivity contribution in [3.8, 4) is 0 Å². The maximum atomic E-state index is 12.3. The van der Waals surface area contributed by atoms with E-state index in [9.17, 15) is 4.79 Å². The average molecular weight is 324 g/mol.